The summed E-state index contributed by atoms with van der Waals surface area (Å²) in [4.78, 5) is 16.5. The molecule has 0 aromatic carbocycles. The fraction of sp³-hybridized carbons (Fsp3) is 0.923. The van der Waals surface area contributed by atoms with Crippen LogP contribution >= 0.6 is 0 Å². The lowest BCUT2D eigenvalue weighted by Gasteiger charge is -2.36. The summed E-state index contributed by atoms with van der Waals surface area (Å²) in [7, 11) is 2.10. The van der Waals surface area contributed by atoms with Gasteiger partial charge in [-0.25, -0.2) is 0 Å². The molecule has 1 saturated carbocycles. The van der Waals surface area contributed by atoms with Gasteiger partial charge < -0.3 is 15.5 Å². The number of amides is 1. The van der Waals surface area contributed by atoms with Crippen LogP contribution in [0.15, 0.2) is 0 Å². The number of hydrogen-bond acceptors (Lipinski definition) is 3. The fourth-order valence-electron chi connectivity index (χ4n) is 2.93. The Hall–Kier alpha value is -0.610. The SMILES string of the molecule is CN1CCN(C(=O)C(N)C2CCCCC2)CC1. The van der Waals surface area contributed by atoms with E-state index in [1.165, 1.54) is 19.3 Å². The summed E-state index contributed by atoms with van der Waals surface area (Å²) in [5.41, 5.74) is 6.15. The van der Waals surface area contributed by atoms with E-state index < -0.39 is 0 Å². The number of likely N-dealkylation sites (N-methyl/N-ethyl adjacent to an activating group) is 1. The molecule has 1 heterocycles. The smallest absolute Gasteiger partial charge is 0.239 e. The maximum absolute atomic E-state index is 12.3. The maximum atomic E-state index is 12.3. The maximum Gasteiger partial charge on any atom is 0.239 e. The van der Waals surface area contributed by atoms with Crippen molar-refractivity contribution in [1.82, 2.24) is 9.80 Å². The molecule has 0 aromatic rings. The Balaban J connectivity index is 1.85. The van der Waals surface area contributed by atoms with Gasteiger partial charge >= 0.3 is 0 Å². The minimum absolute atomic E-state index is 0.185. The first-order valence-corrected chi connectivity index (χ1v) is 6.91. The molecule has 2 fully saturated rings. The van der Waals surface area contributed by atoms with Gasteiger partial charge in [0.25, 0.3) is 0 Å². The van der Waals surface area contributed by atoms with Crippen molar-refractivity contribution in [1.29, 1.82) is 0 Å². The Morgan fingerprint density at radius 1 is 1.12 bits per heavy atom. The molecule has 1 atom stereocenters. The highest BCUT2D eigenvalue weighted by Crippen LogP contribution is 2.26. The van der Waals surface area contributed by atoms with Crippen LogP contribution in [0.25, 0.3) is 0 Å². The minimum Gasteiger partial charge on any atom is -0.339 e. The molecule has 98 valence electrons. The third-order valence-corrected chi connectivity index (χ3v) is 4.26. The third-order valence-electron chi connectivity index (χ3n) is 4.26. The quantitative estimate of drug-likeness (QED) is 0.770. The van der Waals surface area contributed by atoms with E-state index in [0.717, 1.165) is 39.0 Å². The van der Waals surface area contributed by atoms with Crippen LogP contribution in [-0.4, -0.2) is 55.0 Å². The molecular weight excluding hydrogens is 214 g/mol. The molecule has 0 bridgehead atoms. The molecule has 2 aliphatic rings. The van der Waals surface area contributed by atoms with Crippen molar-refractivity contribution in [2.24, 2.45) is 11.7 Å². The number of piperazine rings is 1. The average Bonchev–Trinajstić information content (AvgIpc) is 2.39. The first-order chi connectivity index (χ1) is 8.18. The van der Waals surface area contributed by atoms with Crippen LogP contribution in [-0.2, 0) is 4.79 Å². The van der Waals surface area contributed by atoms with Crippen molar-refractivity contribution in [2.75, 3.05) is 33.2 Å². The van der Waals surface area contributed by atoms with E-state index >= 15 is 0 Å². The van der Waals surface area contributed by atoms with E-state index in [4.69, 9.17) is 5.73 Å². The molecule has 1 aliphatic carbocycles. The van der Waals surface area contributed by atoms with Crippen molar-refractivity contribution in [2.45, 2.75) is 38.1 Å². The summed E-state index contributed by atoms with van der Waals surface area (Å²) in [6.45, 7) is 3.64. The lowest BCUT2D eigenvalue weighted by molar-refractivity contribution is -0.135. The number of hydrogen-bond donors (Lipinski definition) is 1. The van der Waals surface area contributed by atoms with Gasteiger partial charge in [0.05, 0.1) is 6.04 Å². The highest BCUT2D eigenvalue weighted by Gasteiger charge is 2.30. The van der Waals surface area contributed by atoms with Gasteiger partial charge in [-0.3, -0.25) is 4.79 Å². The van der Waals surface area contributed by atoms with Gasteiger partial charge in [-0.15, -0.1) is 0 Å². The van der Waals surface area contributed by atoms with Crippen LogP contribution in [0.1, 0.15) is 32.1 Å². The van der Waals surface area contributed by atoms with Crippen molar-refractivity contribution >= 4 is 5.91 Å². The van der Waals surface area contributed by atoms with Crippen molar-refractivity contribution in [3.8, 4) is 0 Å². The lowest BCUT2D eigenvalue weighted by atomic mass is 9.83. The van der Waals surface area contributed by atoms with Gasteiger partial charge in [-0.05, 0) is 25.8 Å². The van der Waals surface area contributed by atoms with Crippen molar-refractivity contribution < 1.29 is 4.79 Å². The predicted octanol–water partition coefficient (Wildman–Crippen LogP) is 0.668. The second-order valence-corrected chi connectivity index (χ2v) is 5.55. The van der Waals surface area contributed by atoms with Crippen LogP contribution in [0.3, 0.4) is 0 Å². The molecule has 4 nitrogen and oxygen atoms in total. The number of rotatable bonds is 2. The van der Waals surface area contributed by atoms with E-state index in [2.05, 4.69) is 11.9 Å². The van der Waals surface area contributed by atoms with Crippen molar-refractivity contribution in [3.05, 3.63) is 0 Å². The standard InChI is InChI=1S/C13H25N3O/c1-15-7-9-16(10-8-15)13(17)12(14)11-5-3-2-4-6-11/h11-12H,2-10,14H2,1H3. The highest BCUT2D eigenvalue weighted by atomic mass is 16.2. The zero-order valence-corrected chi connectivity index (χ0v) is 10.9. The molecule has 1 amide bonds. The van der Waals surface area contributed by atoms with Crippen LogP contribution in [0.2, 0.25) is 0 Å². The number of carbonyl (C=O) groups is 1. The first-order valence-electron chi connectivity index (χ1n) is 6.91. The van der Waals surface area contributed by atoms with Crippen LogP contribution in [0.5, 0.6) is 0 Å². The van der Waals surface area contributed by atoms with E-state index in [1.807, 2.05) is 4.90 Å². The molecule has 4 heteroatoms. The Morgan fingerprint density at radius 2 is 1.71 bits per heavy atom. The molecule has 1 unspecified atom stereocenters. The van der Waals surface area contributed by atoms with Gasteiger partial charge in [0.2, 0.25) is 5.91 Å². The molecular formula is C13H25N3O. The van der Waals surface area contributed by atoms with Gasteiger partial charge in [0, 0.05) is 26.2 Å². The van der Waals surface area contributed by atoms with Gasteiger partial charge in [0.1, 0.15) is 0 Å². The van der Waals surface area contributed by atoms with Crippen LogP contribution < -0.4 is 5.73 Å². The minimum atomic E-state index is -0.251. The topological polar surface area (TPSA) is 49.6 Å². The van der Waals surface area contributed by atoms with Crippen molar-refractivity contribution in [3.63, 3.8) is 0 Å². The third kappa shape index (κ3) is 3.19. The van der Waals surface area contributed by atoms with Gasteiger partial charge in [-0.2, -0.15) is 0 Å². The Labute approximate surface area is 104 Å². The van der Waals surface area contributed by atoms with E-state index in [1.54, 1.807) is 0 Å². The van der Waals surface area contributed by atoms with Crippen LogP contribution in [0.4, 0.5) is 0 Å². The Bertz CT molecular complexity index is 255. The first kappa shape index (κ1) is 12.8. The number of carbonyl (C=O) groups excluding carboxylic acids is 1. The Kier molecular flexibility index (Phi) is 4.40. The summed E-state index contributed by atoms with van der Waals surface area (Å²) in [5.74, 6) is 0.612. The second kappa shape index (κ2) is 5.83. The molecule has 2 N–H and O–H groups in total. The normalized spacial score (nSPS) is 25.9. The summed E-state index contributed by atoms with van der Waals surface area (Å²) >= 11 is 0. The monoisotopic (exact) mass is 239 g/mol. The molecule has 0 radical (unpaired) electrons. The Morgan fingerprint density at radius 3 is 2.29 bits per heavy atom. The molecule has 2 rings (SSSR count). The molecule has 0 aromatic heterocycles. The number of nitrogens with two attached hydrogens (primary N) is 1. The molecule has 0 spiro atoms. The van der Waals surface area contributed by atoms with E-state index in [9.17, 15) is 4.79 Å². The zero-order chi connectivity index (χ0) is 12.3. The van der Waals surface area contributed by atoms with Gasteiger partial charge in [0.15, 0.2) is 0 Å². The van der Waals surface area contributed by atoms with Crippen LogP contribution in [0, 0.1) is 5.92 Å². The molecule has 1 aliphatic heterocycles. The second-order valence-electron chi connectivity index (χ2n) is 5.55. The fourth-order valence-corrected chi connectivity index (χ4v) is 2.93. The lowest BCUT2D eigenvalue weighted by Crippen LogP contribution is -2.54. The summed E-state index contributed by atoms with van der Waals surface area (Å²) < 4.78 is 0. The van der Waals surface area contributed by atoms with Gasteiger partial charge in [-0.1, -0.05) is 19.3 Å². The summed E-state index contributed by atoms with van der Waals surface area (Å²) in [6, 6.07) is -0.251. The number of nitrogens with zero attached hydrogens (tertiary/aromatic N) is 2. The summed E-state index contributed by atoms with van der Waals surface area (Å²) in [6.07, 6.45) is 6.08. The zero-order valence-electron chi connectivity index (χ0n) is 10.9. The molecule has 17 heavy (non-hydrogen) atoms. The largest absolute Gasteiger partial charge is 0.339 e. The highest BCUT2D eigenvalue weighted by molar-refractivity contribution is 5.82. The predicted molar refractivity (Wildman–Crippen MR) is 68.6 cm³/mol. The van der Waals surface area contributed by atoms with E-state index in [-0.39, 0.29) is 11.9 Å². The summed E-state index contributed by atoms with van der Waals surface area (Å²) in [5, 5.41) is 0. The average molecular weight is 239 g/mol. The molecule has 1 saturated heterocycles. The van der Waals surface area contributed by atoms with E-state index in [0.29, 0.717) is 5.92 Å².